The van der Waals surface area contributed by atoms with Crippen LogP contribution < -0.4 is 9.47 Å². The molecule has 1 aromatic rings. The molecule has 2 fully saturated rings. The molecule has 1 saturated heterocycles. The summed E-state index contributed by atoms with van der Waals surface area (Å²) in [6, 6.07) is 5.08. The zero-order valence-electron chi connectivity index (χ0n) is 18.1. The molecule has 4 atom stereocenters. The van der Waals surface area contributed by atoms with Crippen molar-refractivity contribution in [1.29, 1.82) is 0 Å². The Kier molecular flexibility index (Phi) is 5.38. The standard InChI is InChI=1S/C24H29NO6/c1-28-18-10-9-14(12-19(18)29-2)21-20-22(26)16-7-3-4-8-17(16)31-23(20)24(27)25(21)13-15-6-5-11-30-15/h9-10,12,15-17,21H,3-8,11,13H2,1-2H3. The molecule has 31 heavy (non-hydrogen) atoms. The van der Waals surface area contributed by atoms with Gasteiger partial charge in [-0.2, -0.15) is 0 Å². The highest BCUT2D eigenvalue weighted by Gasteiger charge is 2.52. The average Bonchev–Trinajstić information content (AvgIpc) is 3.41. The molecular weight excluding hydrogens is 398 g/mol. The number of hydrogen-bond donors (Lipinski definition) is 0. The molecule has 7 nitrogen and oxygen atoms in total. The van der Waals surface area contributed by atoms with Crippen molar-refractivity contribution >= 4 is 11.7 Å². The highest BCUT2D eigenvalue weighted by molar-refractivity contribution is 6.11. The lowest BCUT2D eigenvalue weighted by Crippen LogP contribution is -2.39. The quantitative estimate of drug-likeness (QED) is 0.719. The van der Waals surface area contributed by atoms with Gasteiger partial charge in [-0.05, 0) is 49.8 Å². The van der Waals surface area contributed by atoms with Crippen molar-refractivity contribution in [3.05, 3.63) is 35.1 Å². The number of methoxy groups -OCH3 is 2. The van der Waals surface area contributed by atoms with Gasteiger partial charge in [0, 0.05) is 13.2 Å². The van der Waals surface area contributed by atoms with Crippen LogP contribution in [0.15, 0.2) is 29.5 Å². The molecule has 166 valence electrons. The number of carbonyl (C=O) groups is 2. The first kappa shape index (κ1) is 20.4. The summed E-state index contributed by atoms with van der Waals surface area (Å²) in [7, 11) is 3.17. The maximum absolute atomic E-state index is 13.6. The van der Waals surface area contributed by atoms with Crippen LogP contribution in [0.1, 0.15) is 50.1 Å². The van der Waals surface area contributed by atoms with Gasteiger partial charge in [0.25, 0.3) is 5.91 Å². The van der Waals surface area contributed by atoms with E-state index < -0.39 is 6.04 Å². The fraction of sp³-hybridized carbons (Fsp3) is 0.583. The Balaban J connectivity index is 1.57. The molecular formula is C24H29NO6. The van der Waals surface area contributed by atoms with Gasteiger partial charge in [-0.25, -0.2) is 0 Å². The first-order valence-corrected chi connectivity index (χ1v) is 11.2. The van der Waals surface area contributed by atoms with Crippen LogP contribution in [0.2, 0.25) is 0 Å². The number of rotatable bonds is 5. The van der Waals surface area contributed by atoms with E-state index in [1.807, 2.05) is 18.2 Å². The lowest BCUT2D eigenvalue weighted by molar-refractivity contribution is -0.136. The van der Waals surface area contributed by atoms with E-state index >= 15 is 0 Å². The number of Topliss-reactive ketones (excluding diaryl/α,β-unsaturated/α-hetero) is 1. The summed E-state index contributed by atoms with van der Waals surface area (Å²) in [6.07, 6.45) is 5.39. The number of amides is 1. The number of fused-ring (bicyclic) bond motifs is 1. The van der Waals surface area contributed by atoms with Crippen LogP contribution >= 0.6 is 0 Å². The minimum absolute atomic E-state index is 0.0228. The summed E-state index contributed by atoms with van der Waals surface area (Å²) < 4.78 is 22.9. The Labute approximate surface area is 182 Å². The molecule has 7 heteroatoms. The fourth-order valence-electron chi connectivity index (χ4n) is 5.46. The topological polar surface area (TPSA) is 74.3 Å². The SMILES string of the molecule is COc1ccc(C2C3=C(OC4CCCCC4C3=O)C(=O)N2CC2CCCO2)cc1OC. The first-order valence-electron chi connectivity index (χ1n) is 11.2. The average molecular weight is 427 g/mol. The molecule has 3 aliphatic heterocycles. The molecule has 0 N–H and O–H groups in total. The Hall–Kier alpha value is -2.54. The summed E-state index contributed by atoms with van der Waals surface area (Å²) in [5, 5.41) is 0. The van der Waals surface area contributed by atoms with Crippen LogP contribution in [-0.4, -0.2) is 56.2 Å². The third kappa shape index (κ3) is 3.39. The number of carbonyl (C=O) groups excluding carboxylic acids is 2. The molecule has 3 heterocycles. The Morgan fingerprint density at radius 2 is 1.84 bits per heavy atom. The van der Waals surface area contributed by atoms with Gasteiger partial charge in [-0.15, -0.1) is 0 Å². The monoisotopic (exact) mass is 427 g/mol. The first-order chi connectivity index (χ1) is 15.1. The molecule has 4 unspecified atom stereocenters. The second-order valence-electron chi connectivity index (χ2n) is 8.76. The molecule has 5 rings (SSSR count). The van der Waals surface area contributed by atoms with Gasteiger partial charge >= 0.3 is 0 Å². The molecule has 0 bridgehead atoms. The minimum Gasteiger partial charge on any atom is -0.493 e. The minimum atomic E-state index is -0.498. The van der Waals surface area contributed by atoms with E-state index in [1.54, 1.807) is 19.1 Å². The van der Waals surface area contributed by atoms with Crippen LogP contribution in [0.3, 0.4) is 0 Å². The van der Waals surface area contributed by atoms with Crippen LogP contribution in [0.25, 0.3) is 0 Å². The predicted octanol–water partition coefficient (Wildman–Crippen LogP) is 3.18. The van der Waals surface area contributed by atoms with E-state index in [9.17, 15) is 9.59 Å². The van der Waals surface area contributed by atoms with E-state index in [1.165, 1.54) is 0 Å². The largest absolute Gasteiger partial charge is 0.493 e. The highest BCUT2D eigenvalue weighted by Crippen LogP contribution is 2.48. The van der Waals surface area contributed by atoms with Crippen molar-refractivity contribution in [1.82, 2.24) is 4.90 Å². The summed E-state index contributed by atoms with van der Waals surface area (Å²) in [5.41, 5.74) is 1.32. The number of nitrogens with zero attached hydrogens (tertiary/aromatic N) is 1. The zero-order chi connectivity index (χ0) is 21.5. The molecule has 1 saturated carbocycles. The van der Waals surface area contributed by atoms with Crippen molar-refractivity contribution in [3.8, 4) is 11.5 Å². The summed E-state index contributed by atoms with van der Waals surface area (Å²) in [4.78, 5) is 28.9. The Morgan fingerprint density at radius 3 is 2.58 bits per heavy atom. The maximum Gasteiger partial charge on any atom is 0.290 e. The number of benzene rings is 1. The predicted molar refractivity (Wildman–Crippen MR) is 112 cm³/mol. The maximum atomic E-state index is 13.6. The van der Waals surface area contributed by atoms with Crippen LogP contribution in [0.4, 0.5) is 0 Å². The van der Waals surface area contributed by atoms with Crippen LogP contribution in [0, 0.1) is 5.92 Å². The second-order valence-corrected chi connectivity index (χ2v) is 8.76. The molecule has 0 spiro atoms. The highest BCUT2D eigenvalue weighted by atomic mass is 16.5. The molecule has 0 aromatic heterocycles. The van der Waals surface area contributed by atoms with Crippen molar-refractivity contribution in [2.24, 2.45) is 5.92 Å². The van der Waals surface area contributed by atoms with E-state index in [-0.39, 0.29) is 35.6 Å². The van der Waals surface area contributed by atoms with Gasteiger partial charge < -0.3 is 23.8 Å². The van der Waals surface area contributed by atoms with Gasteiger partial charge in [0.15, 0.2) is 23.0 Å². The van der Waals surface area contributed by atoms with Crippen molar-refractivity contribution in [2.45, 2.75) is 56.8 Å². The Morgan fingerprint density at radius 1 is 1.03 bits per heavy atom. The van der Waals surface area contributed by atoms with Crippen molar-refractivity contribution < 1.29 is 28.5 Å². The normalized spacial score (nSPS) is 30.2. The van der Waals surface area contributed by atoms with Crippen LogP contribution in [0.5, 0.6) is 11.5 Å². The van der Waals surface area contributed by atoms with Crippen LogP contribution in [-0.2, 0) is 19.1 Å². The number of ether oxygens (including phenoxy) is 4. The molecule has 1 amide bonds. The Bertz CT molecular complexity index is 919. The fourth-order valence-corrected chi connectivity index (χ4v) is 5.46. The summed E-state index contributed by atoms with van der Waals surface area (Å²) in [5.74, 6) is 1.11. The summed E-state index contributed by atoms with van der Waals surface area (Å²) in [6.45, 7) is 1.15. The van der Waals surface area contributed by atoms with Gasteiger partial charge in [0.2, 0.25) is 0 Å². The zero-order valence-corrected chi connectivity index (χ0v) is 18.1. The molecule has 1 aliphatic carbocycles. The van der Waals surface area contributed by atoms with E-state index in [0.29, 0.717) is 30.2 Å². The lowest BCUT2D eigenvalue weighted by atomic mass is 9.77. The molecule has 0 radical (unpaired) electrons. The molecule has 1 aromatic carbocycles. The second kappa shape index (κ2) is 8.19. The molecule has 4 aliphatic rings. The van der Waals surface area contributed by atoms with Gasteiger partial charge in [0.05, 0.1) is 37.9 Å². The lowest BCUT2D eigenvalue weighted by Gasteiger charge is -2.35. The van der Waals surface area contributed by atoms with E-state index in [4.69, 9.17) is 18.9 Å². The van der Waals surface area contributed by atoms with Crippen molar-refractivity contribution in [2.75, 3.05) is 27.4 Å². The van der Waals surface area contributed by atoms with Crippen molar-refractivity contribution in [3.63, 3.8) is 0 Å². The number of hydrogen-bond acceptors (Lipinski definition) is 6. The smallest absolute Gasteiger partial charge is 0.290 e. The van der Waals surface area contributed by atoms with Gasteiger partial charge in [-0.3, -0.25) is 9.59 Å². The van der Waals surface area contributed by atoms with Gasteiger partial charge in [-0.1, -0.05) is 12.5 Å². The number of ketones is 1. The summed E-state index contributed by atoms with van der Waals surface area (Å²) >= 11 is 0. The third-order valence-corrected chi connectivity index (χ3v) is 7.01. The third-order valence-electron chi connectivity index (χ3n) is 7.01. The van der Waals surface area contributed by atoms with E-state index in [2.05, 4.69) is 0 Å². The van der Waals surface area contributed by atoms with E-state index in [0.717, 1.165) is 44.1 Å². The van der Waals surface area contributed by atoms with Gasteiger partial charge in [0.1, 0.15) is 6.10 Å².